The number of benzene rings is 1. The van der Waals surface area contributed by atoms with Gasteiger partial charge in [0, 0.05) is 23.1 Å². The third kappa shape index (κ3) is 3.60. The molecule has 1 aromatic carbocycles. The highest BCUT2D eigenvalue weighted by Crippen LogP contribution is 2.21. The highest BCUT2D eigenvalue weighted by Gasteiger charge is 2.12. The summed E-state index contributed by atoms with van der Waals surface area (Å²) in [6, 6.07) is 6.42. The van der Waals surface area contributed by atoms with E-state index in [1.54, 1.807) is 18.2 Å². The zero-order valence-electron chi connectivity index (χ0n) is 10.4. The Kier molecular flexibility index (Phi) is 4.77. The normalized spacial score (nSPS) is 9.70. The molecular formula is C14H11ClN2O3. The van der Waals surface area contributed by atoms with Gasteiger partial charge in [0.2, 0.25) is 5.76 Å². The SMILES string of the molecule is O=C(Nc1cc(Cl)ccc1C#CCCO)c1ccno1. The molecule has 6 heteroatoms. The van der Waals surface area contributed by atoms with Gasteiger partial charge in [-0.2, -0.15) is 0 Å². The molecule has 1 amide bonds. The van der Waals surface area contributed by atoms with E-state index in [-0.39, 0.29) is 12.4 Å². The Morgan fingerprint density at radius 1 is 1.45 bits per heavy atom. The molecule has 2 rings (SSSR count). The van der Waals surface area contributed by atoms with Crippen molar-refractivity contribution in [2.75, 3.05) is 11.9 Å². The number of aromatic nitrogens is 1. The maximum Gasteiger partial charge on any atom is 0.294 e. The Labute approximate surface area is 120 Å². The lowest BCUT2D eigenvalue weighted by atomic mass is 10.1. The molecule has 0 bridgehead atoms. The predicted octanol–water partition coefficient (Wildman–Crippen LogP) is 2.31. The number of aliphatic hydroxyl groups is 1. The second-order valence-electron chi connectivity index (χ2n) is 3.80. The zero-order valence-corrected chi connectivity index (χ0v) is 11.1. The molecule has 2 N–H and O–H groups in total. The summed E-state index contributed by atoms with van der Waals surface area (Å²) in [5.74, 6) is 5.31. The van der Waals surface area contributed by atoms with Crippen LogP contribution in [0.25, 0.3) is 0 Å². The van der Waals surface area contributed by atoms with Gasteiger partial charge in [0.1, 0.15) is 0 Å². The van der Waals surface area contributed by atoms with Gasteiger partial charge >= 0.3 is 0 Å². The molecule has 102 valence electrons. The molecular weight excluding hydrogens is 280 g/mol. The van der Waals surface area contributed by atoms with Crippen molar-refractivity contribution in [3.63, 3.8) is 0 Å². The van der Waals surface area contributed by atoms with Crippen molar-refractivity contribution in [1.82, 2.24) is 5.16 Å². The van der Waals surface area contributed by atoms with E-state index >= 15 is 0 Å². The van der Waals surface area contributed by atoms with E-state index < -0.39 is 5.91 Å². The minimum atomic E-state index is -0.435. The average molecular weight is 291 g/mol. The fourth-order valence-electron chi connectivity index (χ4n) is 1.46. The van der Waals surface area contributed by atoms with Gasteiger partial charge in [0.25, 0.3) is 5.91 Å². The van der Waals surface area contributed by atoms with E-state index in [2.05, 4.69) is 22.3 Å². The molecule has 0 atom stereocenters. The second kappa shape index (κ2) is 6.75. The molecule has 0 aliphatic heterocycles. The Hall–Kier alpha value is -2.29. The summed E-state index contributed by atoms with van der Waals surface area (Å²) in [4.78, 5) is 11.9. The van der Waals surface area contributed by atoms with Crippen molar-refractivity contribution in [2.45, 2.75) is 6.42 Å². The van der Waals surface area contributed by atoms with Crippen molar-refractivity contribution in [3.05, 3.63) is 46.8 Å². The van der Waals surface area contributed by atoms with Gasteiger partial charge in [-0.25, -0.2) is 0 Å². The molecule has 0 unspecified atom stereocenters. The number of carbonyl (C=O) groups excluding carboxylic acids is 1. The summed E-state index contributed by atoms with van der Waals surface area (Å²) in [5, 5.41) is 15.3. The van der Waals surface area contributed by atoms with Gasteiger partial charge in [0.05, 0.1) is 18.5 Å². The number of carbonyl (C=O) groups is 1. The van der Waals surface area contributed by atoms with Crippen LogP contribution >= 0.6 is 11.6 Å². The summed E-state index contributed by atoms with van der Waals surface area (Å²) in [7, 11) is 0. The summed E-state index contributed by atoms with van der Waals surface area (Å²) in [5.41, 5.74) is 1.08. The van der Waals surface area contributed by atoms with Gasteiger partial charge in [-0.3, -0.25) is 4.79 Å². The lowest BCUT2D eigenvalue weighted by molar-refractivity contribution is 0.0988. The number of rotatable bonds is 3. The Morgan fingerprint density at radius 3 is 3.00 bits per heavy atom. The summed E-state index contributed by atoms with van der Waals surface area (Å²) in [6.45, 7) is -0.0135. The first-order chi connectivity index (χ1) is 9.70. The Bertz CT molecular complexity index is 657. The molecule has 1 heterocycles. The van der Waals surface area contributed by atoms with E-state index in [4.69, 9.17) is 21.2 Å². The topological polar surface area (TPSA) is 75.4 Å². The molecule has 20 heavy (non-hydrogen) atoms. The van der Waals surface area contributed by atoms with Crippen LogP contribution in [-0.4, -0.2) is 22.8 Å². The quantitative estimate of drug-likeness (QED) is 0.851. The van der Waals surface area contributed by atoms with Crippen molar-refractivity contribution in [2.24, 2.45) is 0 Å². The fraction of sp³-hybridized carbons (Fsp3) is 0.143. The van der Waals surface area contributed by atoms with E-state index in [9.17, 15) is 4.79 Å². The predicted molar refractivity (Wildman–Crippen MR) is 74.5 cm³/mol. The van der Waals surface area contributed by atoms with E-state index in [0.717, 1.165) is 0 Å². The number of anilines is 1. The van der Waals surface area contributed by atoms with Crippen molar-refractivity contribution >= 4 is 23.2 Å². The van der Waals surface area contributed by atoms with Crippen LogP contribution in [-0.2, 0) is 0 Å². The first-order valence-electron chi connectivity index (χ1n) is 5.82. The molecule has 0 saturated heterocycles. The minimum absolute atomic E-state index is 0.0135. The van der Waals surface area contributed by atoms with Gasteiger partial charge < -0.3 is 14.9 Å². The maximum atomic E-state index is 11.9. The second-order valence-corrected chi connectivity index (χ2v) is 4.23. The number of nitrogens with zero attached hydrogens (tertiary/aromatic N) is 1. The Balaban J connectivity index is 2.24. The maximum absolute atomic E-state index is 11.9. The molecule has 0 fully saturated rings. The number of amides is 1. The van der Waals surface area contributed by atoms with E-state index in [1.807, 2.05) is 0 Å². The van der Waals surface area contributed by atoms with E-state index in [0.29, 0.717) is 22.7 Å². The lowest BCUT2D eigenvalue weighted by Crippen LogP contribution is -2.12. The summed E-state index contributed by atoms with van der Waals surface area (Å²) < 4.78 is 4.77. The van der Waals surface area contributed by atoms with Crippen LogP contribution < -0.4 is 5.32 Å². The molecule has 0 aliphatic rings. The number of nitrogens with one attached hydrogen (secondary N) is 1. The number of hydrogen-bond donors (Lipinski definition) is 2. The fourth-order valence-corrected chi connectivity index (χ4v) is 1.63. The molecule has 0 spiro atoms. The molecule has 0 radical (unpaired) electrons. The first-order valence-corrected chi connectivity index (χ1v) is 6.20. The van der Waals surface area contributed by atoms with Crippen molar-refractivity contribution in [3.8, 4) is 11.8 Å². The van der Waals surface area contributed by atoms with Gasteiger partial charge in [0.15, 0.2) is 0 Å². The smallest absolute Gasteiger partial charge is 0.294 e. The number of aliphatic hydroxyl groups excluding tert-OH is 1. The average Bonchev–Trinajstić information content (AvgIpc) is 2.95. The zero-order chi connectivity index (χ0) is 14.4. The summed E-state index contributed by atoms with van der Waals surface area (Å²) >= 11 is 5.91. The first kappa shape index (κ1) is 14.1. The summed E-state index contributed by atoms with van der Waals surface area (Å²) in [6.07, 6.45) is 1.74. The number of halogens is 1. The van der Waals surface area contributed by atoms with Crippen LogP contribution in [0.15, 0.2) is 35.0 Å². The van der Waals surface area contributed by atoms with Crippen LogP contribution in [0.2, 0.25) is 5.02 Å². The van der Waals surface area contributed by atoms with Crippen molar-refractivity contribution in [1.29, 1.82) is 0 Å². The van der Waals surface area contributed by atoms with Gasteiger partial charge in [-0.15, -0.1) is 0 Å². The van der Waals surface area contributed by atoms with Gasteiger partial charge in [-0.1, -0.05) is 28.6 Å². The molecule has 0 aliphatic carbocycles. The van der Waals surface area contributed by atoms with Crippen LogP contribution in [0.1, 0.15) is 22.5 Å². The van der Waals surface area contributed by atoms with Crippen LogP contribution in [0.4, 0.5) is 5.69 Å². The molecule has 2 aromatic rings. The lowest BCUT2D eigenvalue weighted by Gasteiger charge is -2.06. The monoisotopic (exact) mass is 290 g/mol. The van der Waals surface area contributed by atoms with Crippen molar-refractivity contribution < 1.29 is 14.4 Å². The minimum Gasteiger partial charge on any atom is -0.395 e. The van der Waals surface area contributed by atoms with Gasteiger partial charge in [-0.05, 0) is 18.2 Å². The highest BCUT2D eigenvalue weighted by molar-refractivity contribution is 6.31. The molecule has 0 saturated carbocycles. The molecule has 1 aromatic heterocycles. The van der Waals surface area contributed by atoms with Crippen LogP contribution in [0, 0.1) is 11.8 Å². The number of hydrogen-bond acceptors (Lipinski definition) is 4. The molecule has 5 nitrogen and oxygen atoms in total. The Morgan fingerprint density at radius 2 is 2.30 bits per heavy atom. The third-order valence-corrected chi connectivity index (χ3v) is 2.59. The largest absolute Gasteiger partial charge is 0.395 e. The van der Waals surface area contributed by atoms with Crippen LogP contribution in [0.3, 0.4) is 0 Å². The van der Waals surface area contributed by atoms with E-state index in [1.165, 1.54) is 12.3 Å². The third-order valence-electron chi connectivity index (χ3n) is 2.35. The highest BCUT2D eigenvalue weighted by atomic mass is 35.5. The van der Waals surface area contributed by atoms with Crippen LogP contribution in [0.5, 0.6) is 0 Å². The standard InChI is InChI=1S/C14H11ClN2O3/c15-11-5-4-10(3-1-2-8-18)12(9-11)17-14(19)13-6-7-16-20-13/h4-7,9,18H,2,8H2,(H,17,19).